The first-order valence-electron chi connectivity index (χ1n) is 9.63. The number of rotatable bonds is 8. The van der Waals surface area contributed by atoms with E-state index in [0.717, 1.165) is 11.1 Å². The van der Waals surface area contributed by atoms with Crippen LogP contribution in [0.5, 0.6) is 0 Å². The highest BCUT2D eigenvalue weighted by atomic mass is 16.6. The van der Waals surface area contributed by atoms with Gasteiger partial charge in [-0.1, -0.05) is 72.8 Å². The van der Waals surface area contributed by atoms with Gasteiger partial charge in [0.15, 0.2) is 0 Å². The van der Waals surface area contributed by atoms with Gasteiger partial charge in [-0.05, 0) is 16.7 Å². The van der Waals surface area contributed by atoms with Crippen LogP contribution in [0.4, 0.5) is 5.69 Å². The molecule has 2 amide bonds. The number of nitrogens with two attached hydrogens (primary N) is 1. The van der Waals surface area contributed by atoms with E-state index in [9.17, 15) is 19.7 Å². The standard InChI is InChI=1S/C23H22N4O4/c24-26-22(28)20(15-16-11-13-19(14-12-16)27(30)31)25-23(29)21(17-7-3-1-4-8-17)18-9-5-2-6-10-18/h1-14,20-21H,15,24H2,(H,25,29)(H,26,28). The molecule has 0 radical (unpaired) electrons. The molecule has 0 aliphatic rings. The van der Waals surface area contributed by atoms with Crippen molar-refractivity contribution in [3.8, 4) is 0 Å². The van der Waals surface area contributed by atoms with Crippen molar-refractivity contribution in [2.45, 2.75) is 18.4 Å². The summed E-state index contributed by atoms with van der Waals surface area (Å²) in [5, 5.41) is 13.6. The second-order valence-corrected chi connectivity index (χ2v) is 6.95. The normalized spacial score (nSPS) is 11.5. The third kappa shape index (κ3) is 5.52. The molecule has 8 nitrogen and oxygen atoms in total. The lowest BCUT2D eigenvalue weighted by Gasteiger charge is -2.22. The first-order chi connectivity index (χ1) is 15.0. The zero-order valence-electron chi connectivity index (χ0n) is 16.6. The minimum atomic E-state index is -0.950. The average molecular weight is 418 g/mol. The number of benzene rings is 3. The van der Waals surface area contributed by atoms with Crippen LogP contribution in [0.25, 0.3) is 0 Å². The number of nitro benzene ring substituents is 1. The van der Waals surface area contributed by atoms with Crippen LogP contribution >= 0.6 is 0 Å². The van der Waals surface area contributed by atoms with Gasteiger partial charge in [0.25, 0.3) is 11.6 Å². The van der Waals surface area contributed by atoms with Gasteiger partial charge in [0.2, 0.25) is 5.91 Å². The maximum absolute atomic E-state index is 13.3. The fraction of sp³-hybridized carbons (Fsp3) is 0.130. The lowest BCUT2D eigenvalue weighted by Crippen LogP contribution is -2.51. The molecule has 0 spiro atoms. The number of carbonyl (C=O) groups is 2. The molecule has 0 heterocycles. The van der Waals surface area contributed by atoms with E-state index in [0.29, 0.717) is 5.56 Å². The van der Waals surface area contributed by atoms with Crippen LogP contribution in [-0.4, -0.2) is 22.8 Å². The van der Waals surface area contributed by atoms with Crippen molar-refractivity contribution < 1.29 is 14.5 Å². The van der Waals surface area contributed by atoms with E-state index in [4.69, 9.17) is 5.84 Å². The minimum absolute atomic E-state index is 0.0548. The maximum Gasteiger partial charge on any atom is 0.269 e. The van der Waals surface area contributed by atoms with Gasteiger partial charge in [0.1, 0.15) is 6.04 Å². The molecule has 1 unspecified atom stereocenters. The van der Waals surface area contributed by atoms with E-state index >= 15 is 0 Å². The van der Waals surface area contributed by atoms with Gasteiger partial charge in [-0.25, -0.2) is 5.84 Å². The first kappa shape index (κ1) is 21.7. The summed E-state index contributed by atoms with van der Waals surface area (Å²) >= 11 is 0. The first-order valence-corrected chi connectivity index (χ1v) is 9.63. The molecule has 0 saturated heterocycles. The van der Waals surface area contributed by atoms with Gasteiger partial charge in [-0.2, -0.15) is 0 Å². The topological polar surface area (TPSA) is 127 Å². The third-order valence-corrected chi connectivity index (χ3v) is 4.89. The average Bonchev–Trinajstić information content (AvgIpc) is 2.80. The summed E-state index contributed by atoms with van der Waals surface area (Å²) in [6.07, 6.45) is 0.128. The summed E-state index contributed by atoms with van der Waals surface area (Å²) in [6.45, 7) is 0. The number of amides is 2. The number of hydrogen-bond acceptors (Lipinski definition) is 5. The number of nitrogens with one attached hydrogen (secondary N) is 2. The van der Waals surface area contributed by atoms with Crippen LogP contribution in [0.1, 0.15) is 22.6 Å². The van der Waals surface area contributed by atoms with E-state index in [1.807, 2.05) is 60.7 Å². The van der Waals surface area contributed by atoms with Crippen LogP contribution < -0.4 is 16.6 Å². The monoisotopic (exact) mass is 418 g/mol. The molecule has 0 aliphatic heterocycles. The molecule has 1 atom stereocenters. The molecule has 31 heavy (non-hydrogen) atoms. The van der Waals surface area contributed by atoms with Crippen molar-refractivity contribution in [2.24, 2.45) is 5.84 Å². The minimum Gasteiger partial charge on any atom is -0.343 e. The molecule has 0 bridgehead atoms. The van der Waals surface area contributed by atoms with Crippen molar-refractivity contribution >= 4 is 17.5 Å². The summed E-state index contributed by atoms with van der Waals surface area (Å²) < 4.78 is 0. The highest BCUT2D eigenvalue weighted by Crippen LogP contribution is 2.25. The molecule has 0 fully saturated rings. The van der Waals surface area contributed by atoms with E-state index in [1.54, 1.807) is 12.1 Å². The molecule has 0 aromatic heterocycles. The third-order valence-electron chi connectivity index (χ3n) is 4.89. The Morgan fingerprint density at radius 1 is 0.839 bits per heavy atom. The largest absolute Gasteiger partial charge is 0.343 e. The number of nitro groups is 1. The molecular formula is C23H22N4O4. The van der Waals surface area contributed by atoms with Gasteiger partial charge >= 0.3 is 0 Å². The Bertz CT molecular complexity index is 1000. The van der Waals surface area contributed by atoms with Crippen molar-refractivity contribution in [1.82, 2.24) is 10.7 Å². The number of carbonyl (C=O) groups excluding carboxylic acids is 2. The molecule has 3 aromatic carbocycles. The van der Waals surface area contributed by atoms with E-state index in [2.05, 4.69) is 10.7 Å². The smallest absolute Gasteiger partial charge is 0.269 e. The van der Waals surface area contributed by atoms with Crippen molar-refractivity contribution in [3.63, 3.8) is 0 Å². The Labute approximate surface area is 179 Å². The van der Waals surface area contributed by atoms with Gasteiger partial charge < -0.3 is 5.32 Å². The van der Waals surface area contributed by atoms with Gasteiger partial charge in [0.05, 0.1) is 10.8 Å². The van der Waals surface area contributed by atoms with Crippen molar-refractivity contribution in [3.05, 3.63) is 112 Å². The highest BCUT2D eigenvalue weighted by molar-refractivity contribution is 5.92. The molecule has 158 valence electrons. The predicted octanol–water partition coefficient (Wildman–Crippen LogP) is 2.44. The fourth-order valence-electron chi connectivity index (χ4n) is 3.34. The predicted molar refractivity (Wildman–Crippen MR) is 116 cm³/mol. The summed E-state index contributed by atoms with van der Waals surface area (Å²) in [4.78, 5) is 36.0. The van der Waals surface area contributed by atoms with Crippen molar-refractivity contribution in [1.29, 1.82) is 0 Å². The second kappa shape index (κ2) is 10.1. The highest BCUT2D eigenvalue weighted by Gasteiger charge is 2.28. The number of nitrogens with zero attached hydrogens (tertiary/aromatic N) is 1. The Kier molecular flexibility index (Phi) is 7.08. The van der Waals surface area contributed by atoms with Crippen LogP contribution in [0.2, 0.25) is 0 Å². The second-order valence-electron chi connectivity index (χ2n) is 6.95. The SMILES string of the molecule is NNC(=O)C(Cc1ccc([N+](=O)[O-])cc1)NC(=O)C(c1ccccc1)c1ccccc1. The molecule has 0 aliphatic carbocycles. The molecule has 3 rings (SSSR count). The fourth-order valence-corrected chi connectivity index (χ4v) is 3.34. The summed E-state index contributed by atoms with van der Waals surface area (Å²) in [5.74, 6) is 3.79. The van der Waals surface area contributed by atoms with E-state index < -0.39 is 22.8 Å². The zero-order valence-corrected chi connectivity index (χ0v) is 16.6. The van der Waals surface area contributed by atoms with E-state index in [-0.39, 0.29) is 18.0 Å². The van der Waals surface area contributed by atoms with Gasteiger partial charge in [-0.3, -0.25) is 25.1 Å². The Hall–Kier alpha value is -4.04. The summed E-state index contributed by atoms with van der Waals surface area (Å²) in [5.41, 5.74) is 4.24. The zero-order chi connectivity index (χ0) is 22.2. The van der Waals surface area contributed by atoms with Crippen LogP contribution in [-0.2, 0) is 16.0 Å². The lowest BCUT2D eigenvalue weighted by molar-refractivity contribution is -0.384. The molecule has 8 heteroatoms. The van der Waals surface area contributed by atoms with Crippen molar-refractivity contribution in [2.75, 3.05) is 0 Å². The summed E-state index contributed by atoms with van der Waals surface area (Å²) in [7, 11) is 0. The van der Waals surface area contributed by atoms with Gasteiger partial charge in [-0.15, -0.1) is 0 Å². The van der Waals surface area contributed by atoms with E-state index in [1.165, 1.54) is 12.1 Å². The maximum atomic E-state index is 13.3. The number of hydrazine groups is 1. The Morgan fingerprint density at radius 2 is 1.35 bits per heavy atom. The van der Waals surface area contributed by atoms with Gasteiger partial charge in [0, 0.05) is 18.6 Å². The van der Waals surface area contributed by atoms with Crippen LogP contribution in [0.15, 0.2) is 84.9 Å². The van der Waals surface area contributed by atoms with Crippen LogP contribution in [0, 0.1) is 10.1 Å². The molecule has 3 aromatic rings. The lowest BCUT2D eigenvalue weighted by atomic mass is 9.90. The quantitative estimate of drug-likeness (QED) is 0.224. The number of hydrogen-bond donors (Lipinski definition) is 3. The van der Waals surface area contributed by atoms with Crippen LogP contribution in [0.3, 0.4) is 0 Å². The Morgan fingerprint density at radius 3 is 1.81 bits per heavy atom. The number of non-ortho nitro benzene ring substituents is 1. The molecule has 0 saturated carbocycles. The molecular weight excluding hydrogens is 396 g/mol. The Balaban J connectivity index is 1.85. The summed E-state index contributed by atoms with van der Waals surface area (Å²) in [6, 6.07) is 23.4. The molecule has 4 N–H and O–H groups in total.